The second-order valence-corrected chi connectivity index (χ2v) is 7.49. The van der Waals surface area contributed by atoms with Crippen molar-refractivity contribution in [1.29, 1.82) is 0 Å². The topological polar surface area (TPSA) is 57.7 Å². The SMILES string of the molecule is COc1ccccc1N1CCN(C(=O)c2ccnc(NCCC(C)C)c2)CC1. The molecule has 2 heterocycles. The van der Waals surface area contributed by atoms with Crippen molar-refractivity contribution in [3.05, 3.63) is 48.2 Å². The molecule has 1 aliphatic rings. The number of piperazine rings is 1. The van der Waals surface area contributed by atoms with Gasteiger partial charge in [0, 0.05) is 44.5 Å². The third-order valence-corrected chi connectivity index (χ3v) is 5.03. The summed E-state index contributed by atoms with van der Waals surface area (Å²) >= 11 is 0. The predicted octanol–water partition coefficient (Wildman–Crippen LogP) is 3.51. The number of rotatable bonds is 7. The summed E-state index contributed by atoms with van der Waals surface area (Å²) in [6.45, 7) is 8.21. The van der Waals surface area contributed by atoms with Crippen LogP contribution in [0.2, 0.25) is 0 Å². The Hall–Kier alpha value is -2.76. The number of nitrogens with one attached hydrogen (secondary N) is 1. The molecule has 1 N–H and O–H groups in total. The number of para-hydroxylation sites is 2. The van der Waals surface area contributed by atoms with E-state index in [1.165, 1.54) is 0 Å². The molecule has 1 fully saturated rings. The number of benzene rings is 1. The van der Waals surface area contributed by atoms with Crippen molar-refractivity contribution in [3.63, 3.8) is 0 Å². The van der Waals surface area contributed by atoms with Crippen LogP contribution in [0.25, 0.3) is 0 Å². The average molecular weight is 383 g/mol. The molecule has 0 unspecified atom stereocenters. The lowest BCUT2D eigenvalue weighted by Crippen LogP contribution is -2.48. The van der Waals surface area contributed by atoms with Gasteiger partial charge in [-0.25, -0.2) is 4.98 Å². The summed E-state index contributed by atoms with van der Waals surface area (Å²) in [5, 5.41) is 3.31. The third-order valence-electron chi connectivity index (χ3n) is 5.03. The van der Waals surface area contributed by atoms with Gasteiger partial charge in [-0.05, 0) is 36.6 Å². The van der Waals surface area contributed by atoms with E-state index in [0.29, 0.717) is 24.6 Å². The smallest absolute Gasteiger partial charge is 0.254 e. The molecular weight excluding hydrogens is 352 g/mol. The Bertz CT molecular complexity index is 786. The fourth-order valence-corrected chi connectivity index (χ4v) is 3.37. The molecule has 6 heteroatoms. The van der Waals surface area contributed by atoms with E-state index >= 15 is 0 Å². The fourth-order valence-electron chi connectivity index (χ4n) is 3.37. The normalized spacial score (nSPS) is 14.3. The first-order valence-electron chi connectivity index (χ1n) is 9.95. The molecule has 1 aromatic carbocycles. The van der Waals surface area contributed by atoms with Crippen molar-refractivity contribution in [3.8, 4) is 5.75 Å². The molecule has 1 amide bonds. The highest BCUT2D eigenvalue weighted by atomic mass is 16.5. The van der Waals surface area contributed by atoms with Gasteiger partial charge >= 0.3 is 0 Å². The molecule has 0 aliphatic carbocycles. The molecule has 0 radical (unpaired) electrons. The molecular formula is C22H30N4O2. The molecule has 1 aromatic heterocycles. The summed E-state index contributed by atoms with van der Waals surface area (Å²) in [5.41, 5.74) is 1.77. The third kappa shape index (κ3) is 4.94. The van der Waals surface area contributed by atoms with Crippen LogP contribution < -0.4 is 15.0 Å². The zero-order chi connectivity index (χ0) is 19.9. The van der Waals surface area contributed by atoms with Crippen LogP contribution in [0.5, 0.6) is 5.75 Å². The number of hydrogen-bond donors (Lipinski definition) is 1. The van der Waals surface area contributed by atoms with E-state index in [1.54, 1.807) is 19.4 Å². The number of nitrogens with zero attached hydrogens (tertiary/aromatic N) is 3. The summed E-state index contributed by atoms with van der Waals surface area (Å²) < 4.78 is 5.47. The van der Waals surface area contributed by atoms with Crippen LogP contribution in [0.3, 0.4) is 0 Å². The fraction of sp³-hybridized carbons (Fsp3) is 0.455. The molecule has 0 spiro atoms. The van der Waals surface area contributed by atoms with Crippen LogP contribution >= 0.6 is 0 Å². The summed E-state index contributed by atoms with van der Waals surface area (Å²) in [6.07, 6.45) is 2.78. The van der Waals surface area contributed by atoms with Gasteiger partial charge in [0.1, 0.15) is 11.6 Å². The number of methoxy groups -OCH3 is 1. The van der Waals surface area contributed by atoms with Crippen molar-refractivity contribution < 1.29 is 9.53 Å². The van der Waals surface area contributed by atoms with E-state index in [4.69, 9.17) is 4.74 Å². The van der Waals surface area contributed by atoms with Crippen molar-refractivity contribution in [2.24, 2.45) is 5.92 Å². The van der Waals surface area contributed by atoms with Gasteiger partial charge in [0.05, 0.1) is 12.8 Å². The standard InChI is InChI=1S/C22H30N4O2/c1-17(2)8-10-23-21-16-18(9-11-24-21)22(27)26-14-12-25(13-15-26)19-6-4-5-7-20(19)28-3/h4-7,9,11,16-17H,8,10,12-15H2,1-3H3,(H,23,24). The second-order valence-electron chi connectivity index (χ2n) is 7.49. The van der Waals surface area contributed by atoms with E-state index in [2.05, 4.69) is 35.1 Å². The van der Waals surface area contributed by atoms with Crippen LogP contribution in [0, 0.1) is 5.92 Å². The van der Waals surface area contributed by atoms with Crippen LogP contribution in [0.15, 0.2) is 42.6 Å². The zero-order valence-corrected chi connectivity index (χ0v) is 17.0. The Morgan fingerprint density at radius 2 is 1.93 bits per heavy atom. The van der Waals surface area contributed by atoms with Gasteiger partial charge in [0.2, 0.25) is 0 Å². The van der Waals surface area contributed by atoms with Gasteiger partial charge in [-0.3, -0.25) is 4.79 Å². The van der Waals surface area contributed by atoms with E-state index in [1.807, 2.05) is 29.2 Å². The highest BCUT2D eigenvalue weighted by molar-refractivity contribution is 5.95. The van der Waals surface area contributed by atoms with Gasteiger partial charge in [0.25, 0.3) is 5.91 Å². The van der Waals surface area contributed by atoms with E-state index < -0.39 is 0 Å². The Morgan fingerprint density at radius 3 is 2.64 bits per heavy atom. The van der Waals surface area contributed by atoms with Crippen molar-refractivity contribution in [2.45, 2.75) is 20.3 Å². The van der Waals surface area contributed by atoms with E-state index in [0.717, 1.165) is 43.3 Å². The number of carbonyl (C=O) groups excluding carboxylic acids is 1. The van der Waals surface area contributed by atoms with Gasteiger partial charge < -0.3 is 19.9 Å². The quantitative estimate of drug-likeness (QED) is 0.794. The molecule has 28 heavy (non-hydrogen) atoms. The van der Waals surface area contributed by atoms with Crippen molar-refractivity contribution in [2.75, 3.05) is 50.1 Å². The first kappa shape index (κ1) is 20.0. The maximum Gasteiger partial charge on any atom is 0.254 e. The number of ether oxygens (including phenoxy) is 1. The highest BCUT2D eigenvalue weighted by Crippen LogP contribution is 2.28. The Kier molecular flexibility index (Phi) is 6.74. The van der Waals surface area contributed by atoms with Gasteiger partial charge in [-0.2, -0.15) is 0 Å². The maximum absolute atomic E-state index is 12.9. The minimum Gasteiger partial charge on any atom is -0.495 e. The van der Waals surface area contributed by atoms with Crippen LogP contribution in [-0.2, 0) is 0 Å². The minimum absolute atomic E-state index is 0.0639. The zero-order valence-electron chi connectivity index (χ0n) is 17.0. The van der Waals surface area contributed by atoms with Gasteiger partial charge in [-0.15, -0.1) is 0 Å². The number of amides is 1. The first-order valence-corrected chi connectivity index (χ1v) is 9.95. The van der Waals surface area contributed by atoms with E-state index in [9.17, 15) is 4.79 Å². The Morgan fingerprint density at radius 1 is 1.18 bits per heavy atom. The molecule has 3 rings (SSSR count). The molecule has 0 bridgehead atoms. The number of anilines is 2. The maximum atomic E-state index is 12.9. The minimum atomic E-state index is 0.0639. The molecule has 0 atom stereocenters. The molecule has 1 aliphatic heterocycles. The van der Waals surface area contributed by atoms with Crippen molar-refractivity contribution >= 4 is 17.4 Å². The first-order chi connectivity index (χ1) is 13.6. The highest BCUT2D eigenvalue weighted by Gasteiger charge is 2.24. The second kappa shape index (κ2) is 9.44. The van der Waals surface area contributed by atoms with Crippen LogP contribution in [0.1, 0.15) is 30.6 Å². The van der Waals surface area contributed by atoms with Gasteiger partial charge in [0.15, 0.2) is 0 Å². The summed E-state index contributed by atoms with van der Waals surface area (Å²) in [4.78, 5) is 21.4. The average Bonchev–Trinajstić information content (AvgIpc) is 2.73. The number of hydrogen-bond acceptors (Lipinski definition) is 5. The summed E-state index contributed by atoms with van der Waals surface area (Å²) in [5.74, 6) is 2.33. The molecule has 1 saturated heterocycles. The van der Waals surface area contributed by atoms with E-state index in [-0.39, 0.29) is 5.91 Å². The number of carbonyl (C=O) groups is 1. The van der Waals surface area contributed by atoms with Crippen LogP contribution in [0.4, 0.5) is 11.5 Å². The lowest BCUT2D eigenvalue weighted by Gasteiger charge is -2.36. The molecule has 2 aromatic rings. The monoisotopic (exact) mass is 382 g/mol. The lowest BCUT2D eigenvalue weighted by molar-refractivity contribution is 0.0746. The molecule has 150 valence electrons. The Labute approximate surface area is 167 Å². The van der Waals surface area contributed by atoms with Gasteiger partial charge in [-0.1, -0.05) is 26.0 Å². The molecule has 6 nitrogen and oxygen atoms in total. The predicted molar refractivity (Wildman–Crippen MR) is 113 cm³/mol. The Balaban J connectivity index is 1.59. The summed E-state index contributed by atoms with van der Waals surface area (Å²) in [6, 6.07) is 11.7. The molecule has 0 saturated carbocycles. The van der Waals surface area contributed by atoms with Crippen molar-refractivity contribution in [1.82, 2.24) is 9.88 Å². The number of aromatic nitrogens is 1. The van der Waals surface area contributed by atoms with Crippen LogP contribution in [-0.4, -0.2) is 55.6 Å². The number of pyridine rings is 1. The largest absolute Gasteiger partial charge is 0.495 e. The lowest BCUT2D eigenvalue weighted by atomic mass is 10.1. The summed E-state index contributed by atoms with van der Waals surface area (Å²) in [7, 11) is 1.69.